The van der Waals surface area contributed by atoms with Crippen molar-refractivity contribution in [3.63, 3.8) is 0 Å². The van der Waals surface area contributed by atoms with E-state index in [1.54, 1.807) is 34.8 Å². The second-order valence-corrected chi connectivity index (χ2v) is 10.9. The van der Waals surface area contributed by atoms with Gasteiger partial charge in [-0.2, -0.15) is 0 Å². The van der Waals surface area contributed by atoms with Crippen molar-refractivity contribution in [2.75, 3.05) is 0 Å². The number of para-hydroxylation sites is 2. The van der Waals surface area contributed by atoms with Gasteiger partial charge in [0, 0.05) is 19.5 Å². The van der Waals surface area contributed by atoms with Gasteiger partial charge in [-0.05, 0) is 98.5 Å². The van der Waals surface area contributed by atoms with Crippen LogP contribution in [0.3, 0.4) is 0 Å². The second kappa shape index (κ2) is 11.1. The number of hydrogen-bond donors (Lipinski definition) is 2. The Labute approximate surface area is 237 Å². The molecular weight excluding hydrogens is 550 g/mol. The molecule has 0 amide bonds. The first-order valence-corrected chi connectivity index (χ1v) is 13.3. The van der Waals surface area contributed by atoms with Crippen LogP contribution in [0, 0.1) is 27.7 Å². The zero-order valence-electron chi connectivity index (χ0n) is 21.2. The second-order valence-electron chi connectivity index (χ2n) is 8.88. The van der Waals surface area contributed by atoms with E-state index in [2.05, 4.69) is 61.9 Å². The molecule has 0 unspecified atom stereocenters. The Morgan fingerprint density at radius 3 is 1.27 bits per heavy atom. The summed E-state index contributed by atoms with van der Waals surface area (Å²) in [6.07, 6.45) is 0. The summed E-state index contributed by atoms with van der Waals surface area (Å²) < 4.78 is 2.33. The number of rotatable bonds is 2. The van der Waals surface area contributed by atoms with Crippen LogP contribution in [0.2, 0.25) is 0 Å². The topological polar surface area (TPSA) is 66.2 Å². The van der Waals surface area contributed by atoms with E-state index >= 15 is 0 Å². The molecule has 7 heteroatoms. The molecule has 0 radical (unpaired) electrons. The summed E-state index contributed by atoms with van der Waals surface area (Å²) in [5, 5.41) is 21.5. The van der Waals surface area contributed by atoms with Crippen LogP contribution in [-0.4, -0.2) is 20.2 Å². The fraction of sp³-hybridized carbons (Fsp3) is 0.133. The minimum atomic E-state index is 0. The molecule has 4 aromatic carbocycles. The monoisotopic (exact) mass is 574 g/mol. The standard InChI is InChI=1S/2C15H13NOS.Zn/c2*1-9-7-12-14(8-10(9)2)18-15(16-12)11-5-3-4-6-13(11)17;/h2*3-8,17H,1-2H3;. The average Bonchev–Trinajstić information content (AvgIpc) is 3.44. The van der Waals surface area contributed by atoms with Gasteiger partial charge in [-0.25, -0.2) is 9.97 Å². The summed E-state index contributed by atoms with van der Waals surface area (Å²) in [6, 6.07) is 23.2. The fourth-order valence-electron chi connectivity index (χ4n) is 3.90. The van der Waals surface area contributed by atoms with Crippen LogP contribution in [0.4, 0.5) is 0 Å². The molecule has 0 aliphatic heterocycles. The van der Waals surface area contributed by atoms with Crippen molar-refractivity contribution in [3.05, 3.63) is 95.1 Å². The number of hydrogen-bond acceptors (Lipinski definition) is 6. The Kier molecular flexibility index (Phi) is 8.08. The number of benzene rings is 4. The van der Waals surface area contributed by atoms with Crippen LogP contribution < -0.4 is 0 Å². The maximum Gasteiger partial charge on any atom is 0.128 e. The van der Waals surface area contributed by atoms with E-state index < -0.39 is 0 Å². The molecule has 2 aromatic heterocycles. The Bertz CT molecular complexity index is 1520. The van der Waals surface area contributed by atoms with Crippen LogP contribution >= 0.6 is 22.7 Å². The molecule has 0 aliphatic carbocycles. The van der Waals surface area contributed by atoms with E-state index in [4.69, 9.17) is 0 Å². The molecule has 2 heterocycles. The van der Waals surface area contributed by atoms with Crippen molar-refractivity contribution in [2.24, 2.45) is 0 Å². The van der Waals surface area contributed by atoms with Gasteiger partial charge in [0.1, 0.15) is 21.5 Å². The van der Waals surface area contributed by atoms with Crippen molar-refractivity contribution in [3.8, 4) is 32.6 Å². The smallest absolute Gasteiger partial charge is 0.128 e. The van der Waals surface area contributed by atoms with E-state index in [-0.39, 0.29) is 31.0 Å². The van der Waals surface area contributed by atoms with Crippen LogP contribution in [-0.2, 0) is 19.5 Å². The molecule has 0 saturated carbocycles. The van der Waals surface area contributed by atoms with Crippen LogP contribution in [0.1, 0.15) is 22.3 Å². The van der Waals surface area contributed by atoms with E-state index in [0.29, 0.717) is 0 Å². The van der Waals surface area contributed by atoms with Gasteiger partial charge in [0.15, 0.2) is 0 Å². The number of aryl methyl sites for hydroxylation is 4. The summed E-state index contributed by atoms with van der Waals surface area (Å²) in [5.41, 5.74) is 8.64. The summed E-state index contributed by atoms with van der Waals surface area (Å²) in [7, 11) is 0. The molecule has 6 rings (SSSR count). The van der Waals surface area contributed by atoms with Gasteiger partial charge in [0.05, 0.1) is 31.6 Å². The largest absolute Gasteiger partial charge is 0.507 e. The third kappa shape index (κ3) is 5.59. The fourth-order valence-corrected chi connectivity index (χ4v) is 6.06. The summed E-state index contributed by atoms with van der Waals surface area (Å²) >= 11 is 3.23. The Morgan fingerprint density at radius 1 is 0.541 bits per heavy atom. The maximum absolute atomic E-state index is 9.86. The average molecular weight is 576 g/mol. The molecule has 0 aliphatic rings. The first kappa shape index (κ1) is 26.9. The van der Waals surface area contributed by atoms with E-state index in [0.717, 1.165) is 41.6 Å². The van der Waals surface area contributed by atoms with Crippen LogP contribution in [0.5, 0.6) is 11.5 Å². The quantitative estimate of drug-likeness (QED) is 0.203. The Morgan fingerprint density at radius 2 is 0.892 bits per heavy atom. The van der Waals surface area contributed by atoms with Crippen molar-refractivity contribution < 1.29 is 29.7 Å². The van der Waals surface area contributed by atoms with Gasteiger partial charge >= 0.3 is 0 Å². The van der Waals surface area contributed by atoms with Gasteiger partial charge in [0.25, 0.3) is 0 Å². The minimum absolute atomic E-state index is 0. The van der Waals surface area contributed by atoms with Crippen molar-refractivity contribution in [1.82, 2.24) is 9.97 Å². The van der Waals surface area contributed by atoms with Crippen LogP contribution in [0.15, 0.2) is 72.8 Å². The minimum Gasteiger partial charge on any atom is -0.507 e. The SMILES string of the molecule is Cc1cc2nc(-c3ccccc3O)sc2cc1C.Cc1cc2nc(-c3ccccc3O)sc2cc1C.[Zn]. The molecule has 0 bridgehead atoms. The summed E-state index contributed by atoms with van der Waals surface area (Å²) in [5.74, 6) is 0.565. The number of aromatic nitrogens is 2. The zero-order valence-corrected chi connectivity index (χ0v) is 25.8. The summed E-state index contributed by atoms with van der Waals surface area (Å²) in [4.78, 5) is 9.21. The number of phenols is 2. The summed E-state index contributed by atoms with van der Waals surface area (Å²) in [6.45, 7) is 8.39. The van der Waals surface area contributed by atoms with E-state index in [1.165, 1.54) is 22.3 Å². The predicted octanol–water partition coefficient (Wildman–Crippen LogP) is 8.57. The van der Waals surface area contributed by atoms with Gasteiger partial charge in [-0.3, -0.25) is 0 Å². The molecule has 4 nitrogen and oxygen atoms in total. The molecule has 0 spiro atoms. The van der Waals surface area contributed by atoms with Gasteiger partial charge < -0.3 is 10.2 Å². The molecule has 0 fully saturated rings. The molecule has 182 valence electrons. The van der Waals surface area contributed by atoms with Gasteiger partial charge in [0.2, 0.25) is 0 Å². The third-order valence-electron chi connectivity index (χ3n) is 6.28. The van der Waals surface area contributed by atoms with Gasteiger partial charge in [-0.1, -0.05) is 24.3 Å². The number of fused-ring (bicyclic) bond motifs is 2. The normalized spacial score (nSPS) is 10.7. The molecular formula is C30H26N2O2S2Zn. The van der Waals surface area contributed by atoms with Crippen LogP contribution in [0.25, 0.3) is 41.6 Å². The van der Waals surface area contributed by atoms with Crippen molar-refractivity contribution in [2.45, 2.75) is 27.7 Å². The van der Waals surface area contributed by atoms with E-state index in [1.807, 2.05) is 36.4 Å². The predicted molar refractivity (Wildman–Crippen MR) is 152 cm³/mol. The molecule has 0 atom stereocenters. The zero-order chi connectivity index (χ0) is 25.4. The molecule has 2 N–H and O–H groups in total. The first-order chi connectivity index (χ1) is 17.3. The maximum atomic E-state index is 9.86. The number of nitrogens with zero attached hydrogens (tertiary/aromatic N) is 2. The van der Waals surface area contributed by atoms with Gasteiger partial charge in [-0.15, -0.1) is 22.7 Å². The number of phenolic OH excluding ortho intramolecular Hbond substituents is 2. The number of aromatic hydroxyl groups is 2. The van der Waals surface area contributed by atoms with Crippen molar-refractivity contribution in [1.29, 1.82) is 0 Å². The Hall–Kier alpha value is -3.12. The Balaban J connectivity index is 0.000000168. The molecule has 6 aromatic rings. The molecule has 37 heavy (non-hydrogen) atoms. The van der Waals surface area contributed by atoms with E-state index in [9.17, 15) is 10.2 Å². The van der Waals surface area contributed by atoms with Crippen molar-refractivity contribution >= 4 is 43.1 Å². The molecule has 0 saturated heterocycles. The first-order valence-electron chi connectivity index (χ1n) is 11.6. The third-order valence-corrected chi connectivity index (χ3v) is 8.38. The number of thiazole rings is 2.